The van der Waals surface area contributed by atoms with E-state index in [4.69, 9.17) is 11.6 Å². The number of halogens is 1. The molecule has 0 atom stereocenters. The lowest BCUT2D eigenvalue weighted by atomic mass is 9.89. The summed E-state index contributed by atoms with van der Waals surface area (Å²) in [7, 11) is 0. The number of nitrogens with one attached hydrogen (secondary N) is 3. The number of amides is 2. The third kappa shape index (κ3) is 5.66. The molecule has 0 radical (unpaired) electrons. The second kappa shape index (κ2) is 11.8. The van der Waals surface area contributed by atoms with E-state index in [1.165, 1.54) is 0 Å². The molecule has 0 fully saturated rings. The predicted octanol–water partition coefficient (Wildman–Crippen LogP) is 7.47. The number of hydrogen-bond acceptors (Lipinski definition) is 5. The van der Waals surface area contributed by atoms with Crippen LogP contribution in [0, 0.1) is 6.92 Å². The summed E-state index contributed by atoms with van der Waals surface area (Å²) in [5.41, 5.74) is 7.14. The molecule has 2 amide bonds. The Hall–Kier alpha value is -5.53. The van der Waals surface area contributed by atoms with Crippen LogP contribution in [-0.4, -0.2) is 23.3 Å². The Labute approximate surface area is 252 Å². The highest BCUT2D eigenvalue weighted by Gasteiger charge is 2.30. The van der Waals surface area contributed by atoms with E-state index in [1.807, 2.05) is 67.6 Å². The second-order valence-corrected chi connectivity index (χ2v) is 10.4. The molecule has 0 unspecified atom stereocenters. The van der Waals surface area contributed by atoms with Crippen LogP contribution in [0.5, 0.6) is 0 Å². The third-order valence-electron chi connectivity index (χ3n) is 7.14. The number of carbonyl (C=O) groups is 3. The first-order valence-corrected chi connectivity index (χ1v) is 13.9. The molecule has 0 aromatic heterocycles. The average molecular weight is 585 g/mol. The van der Waals surface area contributed by atoms with Gasteiger partial charge in [0.05, 0.1) is 22.0 Å². The zero-order valence-electron chi connectivity index (χ0n) is 23.0. The molecule has 5 aromatic rings. The Morgan fingerprint density at radius 2 is 1.42 bits per heavy atom. The van der Waals surface area contributed by atoms with Gasteiger partial charge in [0, 0.05) is 22.2 Å². The summed E-state index contributed by atoms with van der Waals surface area (Å²) >= 11 is 6.52. The highest BCUT2D eigenvalue weighted by molar-refractivity contribution is 6.59. The fourth-order valence-corrected chi connectivity index (χ4v) is 5.12. The molecule has 0 saturated heterocycles. The Morgan fingerprint density at radius 1 is 0.721 bits per heavy atom. The lowest BCUT2D eigenvalue weighted by Gasteiger charge is -2.18. The third-order valence-corrected chi connectivity index (χ3v) is 7.46. The van der Waals surface area contributed by atoms with Gasteiger partial charge in [-0.1, -0.05) is 90.5 Å². The standard InChI is InChI=1S/C35H25ClN4O3/c1-21-18-31(38-34(42)23-11-3-2-4-12-23)28(36)20-30(21)39-40-32-26-16-8-6-13-24(26)19-27(33(32)41)35(43)37-29-17-9-14-22-10-5-7-15-25(22)29/h2-20,39H,1H3,(H,37,43)(H,38,42). The van der Waals surface area contributed by atoms with Crippen LogP contribution in [0.3, 0.4) is 0 Å². The van der Waals surface area contributed by atoms with E-state index in [0.717, 1.165) is 16.3 Å². The summed E-state index contributed by atoms with van der Waals surface area (Å²) < 4.78 is 0. The maximum absolute atomic E-state index is 13.7. The summed E-state index contributed by atoms with van der Waals surface area (Å²) in [6.45, 7) is 1.83. The Kier molecular flexibility index (Phi) is 7.56. The monoisotopic (exact) mass is 584 g/mol. The number of fused-ring (bicyclic) bond motifs is 2. The number of hydrogen-bond donors (Lipinski definition) is 3. The molecule has 8 heteroatoms. The van der Waals surface area contributed by atoms with Crippen molar-refractivity contribution in [3.05, 3.63) is 142 Å². The van der Waals surface area contributed by atoms with E-state index in [1.54, 1.807) is 54.6 Å². The van der Waals surface area contributed by atoms with Crippen LogP contribution >= 0.6 is 11.6 Å². The van der Waals surface area contributed by atoms with Gasteiger partial charge in [-0.05, 0) is 59.8 Å². The van der Waals surface area contributed by atoms with E-state index in [-0.39, 0.29) is 17.2 Å². The van der Waals surface area contributed by atoms with E-state index < -0.39 is 11.7 Å². The van der Waals surface area contributed by atoms with Crippen molar-refractivity contribution in [1.29, 1.82) is 0 Å². The summed E-state index contributed by atoms with van der Waals surface area (Å²) in [4.78, 5) is 39.8. The molecular formula is C35H25ClN4O3. The van der Waals surface area contributed by atoms with Crippen LogP contribution in [0.4, 0.5) is 17.1 Å². The number of rotatable bonds is 6. The van der Waals surface area contributed by atoms with Gasteiger partial charge in [-0.3, -0.25) is 19.8 Å². The molecular weight excluding hydrogens is 560 g/mol. The number of ketones is 1. The fourth-order valence-electron chi connectivity index (χ4n) is 4.91. The van der Waals surface area contributed by atoms with Gasteiger partial charge in [0.2, 0.25) is 5.78 Å². The molecule has 0 spiro atoms. The normalized spacial score (nSPS) is 13.3. The Morgan fingerprint density at radius 3 is 2.26 bits per heavy atom. The van der Waals surface area contributed by atoms with Crippen LogP contribution < -0.4 is 16.1 Å². The van der Waals surface area contributed by atoms with Crippen LogP contribution in [0.15, 0.2) is 120 Å². The van der Waals surface area contributed by atoms with Crippen LogP contribution in [0.1, 0.15) is 27.0 Å². The van der Waals surface area contributed by atoms with Crippen LogP contribution in [-0.2, 0) is 9.59 Å². The lowest BCUT2D eigenvalue weighted by Crippen LogP contribution is -2.30. The van der Waals surface area contributed by atoms with Gasteiger partial charge in [0.1, 0.15) is 5.71 Å². The molecule has 1 aliphatic rings. The van der Waals surface area contributed by atoms with Gasteiger partial charge in [0.25, 0.3) is 11.8 Å². The topological polar surface area (TPSA) is 99.7 Å². The largest absolute Gasteiger partial charge is 0.321 e. The minimum atomic E-state index is -0.527. The molecule has 1 aliphatic carbocycles. The highest BCUT2D eigenvalue weighted by atomic mass is 35.5. The summed E-state index contributed by atoms with van der Waals surface area (Å²) in [6.07, 6.45) is 1.59. The van der Waals surface area contributed by atoms with Crippen molar-refractivity contribution in [2.24, 2.45) is 5.10 Å². The van der Waals surface area contributed by atoms with Gasteiger partial charge in [0.15, 0.2) is 0 Å². The first-order chi connectivity index (χ1) is 20.9. The highest BCUT2D eigenvalue weighted by Crippen LogP contribution is 2.31. The molecule has 210 valence electrons. The van der Waals surface area contributed by atoms with Crippen LogP contribution in [0.2, 0.25) is 5.02 Å². The number of hydrazone groups is 1. The maximum Gasteiger partial charge on any atom is 0.259 e. The van der Waals surface area contributed by atoms with E-state index in [9.17, 15) is 14.4 Å². The number of anilines is 3. The van der Waals surface area contributed by atoms with Gasteiger partial charge in [-0.15, -0.1) is 0 Å². The number of benzene rings is 5. The number of nitrogens with zero attached hydrogens (tertiary/aromatic N) is 1. The first-order valence-electron chi connectivity index (χ1n) is 13.5. The molecule has 5 aromatic carbocycles. The molecule has 3 N–H and O–H groups in total. The predicted molar refractivity (Wildman–Crippen MR) is 173 cm³/mol. The first kappa shape index (κ1) is 27.6. The lowest BCUT2D eigenvalue weighted by molar-refractivity contribution is -0.116. The molecule has 7 nitrogen and oxygen atoms in total. The average Bonchev–Trinajstić information content (AvgIpc) is 3.03. The van der Waals surface area contributed by atoms with E-state index in [0.29, 0.717) is 38.8 Å². The number of carbonyl (C=O) groups excluding carboxylic acids is 3. The van der Waals surface area contributed by atoms with Crippen molar-refractivity contribution >= 4 is 68.8 Å². The van der Waals surface area contributed by atoms with Crippen molar-refractivity contribution in [3.8, 4) is 0 Å². The summed E-state index contributed by atoms with van der Waals surface area (Å²) in [5.74, 6) is -1.32. The molecule has 0 heterocycles. The van der Waals surface area contributed by atoms with Gasteiger partial charge >= 0.3 is 0 Å². The quantitative estimate of drug-likeness (QED) is 0.142. The van der Waals surface area contributed by atoms with E-state index >= 15 is 0 Å². The smallest absolute Gasteiger partial charge is 0.259 e. The fraction of sp³-hybridized carbons (Fsp3) is 0.0286. The number of aryl methyl sites for hydroxylation is 1. The Bertz CT molecular complexity index is 1980. The van der Waals surface area contributed by atoms with Crippen molar-refractivity contribution in [3.63, 3.8) is 0 Å². The van der Waals surface area contributed by atoms with Gasteiger partial charge in [-0.25, -0.2) is 0 Å². The maximum atomic E-state index is 13.7. The molecule has 6 rings (SSSR count). The van der Waals surface area contributed by atoms with Crippen LogP contribution in [0.25, 0.3) is 16.8 Å². The summed E-state index contributed by atoms with van der Waals surface area (Å²) in [5, 5.41) is 12.3. The summed E-state index contributed by atoms with van der Waals surface area (Å²) in [6, 6.07) is 32.8. The molecule has 43 heavy (non-hydrogen) atoms. The Balaban J connectivity index is 1.27. The molecule has 0 saturated carbocycles. The minimum absolute atomic E-state index is 0.0269. The SMILES string of the molecule is Cc1cc(NC(=O)c2ccccc2)c(Cl)cc1NN=C1C(=O)C(C(=O)Nc2cccc3ccccc23)=Cc2ccccc21. The zero-order valence-corrected chi connectivity index (χ0v) is 23.8. The van der Waals surface area contributed by atoms with E-state index in [2.05, 4.69) is 21.2 Å². The van der Waals surface area contributed by atoms with Crippen molar-refractivity contribution < 1.29 is 14.4 Å². The van der Waals surface area contributed by atoms with Crippen molar-refractivity contribution in [2.75, 3.05) is 16.1 Å². The molecule has 0 aliphatic heterocycles. The van der Waals surface area contributed by atoms with Crippen molar-refractivity contribution in [1.82, 2.24) is 0 Å². The second-order valence-electron chi connectivity index (χ2n) is 9.99. The van der Waals surface area contributed by atoms with Gasteiger partial charge < -0.3 is 10.6 Å². The van der Waals surface area contributed by atoms with Gasteiger partial charge in [-0.2, -0.15) is 5.10 Å². The number of Topliss-reactive ketones (excluding diaryl/α,β-unsaturated/α-hetero) is 1. The zero-order chi connectivity index (χ0) is 29.9. The minimum Gasteiger partial charge on any atom is -0.321 e. The molecule has 0 bridgehead atoms. The van der Waals surface area contributed by atoms with Crippen molar-refractivity contribution in [2.45, 2.75) is 6.92 Å².